The van der Waals surface area contributed by atoms with Crippen LogP contribution in [0, 0.1) is 17.2 Å². The maximum Gasteiger partial charge on any atom is 0.283 e. The molecule has 7 nitrogen and oxygen atoms in total. The summed E-state index contributed by atoms with van der Waals surface area (Å²) in [4.78, 5) is 3.97. The first-order valence-electron chi connectivity index (χ1n) is 7.36. The summed E-state index contributed by atoms with van der Waals surface area (Å²) in [5, 5.41) is 16.0. The molecule has 0 aliphatic heterocycles. The van der Waals surface area contributed by atoms with Crippen LogP contribution >= 0.6 is 0 Å². The van der Waals surface area contributed by atoms with Crippen molar-refractivity contribution in [2.45, 2.75) is 25.2 Å². The number of nitrogens with one attached hydrogen (secondary N) is 1. The Morgan fingerprint density at radius 2 is 2.04 bits per heavy atom. The number of alkyl halides is 2. The molecule has 0 aliphatic carbocycles. The van der Waals surface area contributed by atoms with Crippen LogP contribution in [-0.4, -0.2) is 36.0 Å². The molecular formula is C15H17F2N5O2S. The van der Waals surface area contributed by atoms with Crippen molar-refractivity contribution < 1.29 is 17.2 Å². The maximum absolute atomic E-state index is 13.2. The summed E-state index contributed by atoms with van der Waals surface area (Å²) in [5.41, 5.74) is -0.910. The summed E-state index contributed by atoms with van der Waals surface area (Å²) in [6.07, 6.45) is -0.770. The molecule has 0 saturated carbocycles. The number of hydrogen-bond donors (Lipinski definition) is 1. The second-order valence-corrected chi connectivity index (χ2v) is 7.85. The maximum atomic E-state index is 13.2. The van der Waals surface area contributed by atoms with Gasteiger partial charge in [-0.05, 0) is 18.1 Å². The third-order valence-electron chi connectivity index (χ3n) is 3.27. The second kappa shape index (κ2) is 7.14. The van der Waals surface area contributed by atoms with Gasteiger partial charge in [0.1, 0.15) is 23.1 Å². The van der Waals surface area contributed by atoms with Crippen molar-refractivity contribution in [3.8, 4) is 11.9 Å². The molecule has 0 spiro atoms. The number of aromatic nitrogens is 3. The van der Waals surface area contributed by atoms with Gasteiger partial charge in [-0.1, -0.05) is 13.8 Å². The Balaban J connectivity index is 2.57. The average Bonchev–Trinajstić information content (AvgIpc) is 2.90. The largest absolute Gasteiger partial charge is 0.369 e. The van der Waals surface area contributed by atoms with E-state index < -0.39 is 22.0 Å². The van der Waals surface area contributed by atoms with Crippen LogP contribution in [0.15, 0.2) is 23.2 Å². The third-order valence-corrected chi connectivity index (χ3v) is 4.37. The van der Waals surface area contributed by atoms with Crippen molar-refractivity contribution in [2.24, 2.45) is 5.92 Å². The molecule has 0 aromatic carbocycles. The molecule has 2 aromatic rings. The van der Waals surface area contributed by atoms with Crippen molar-refractivity contribution in [1.29, 1.82) is 5.26 Å². The van der Waals surface area contributed by atoms with Gasteiger partial charge in [-0.15, -0.1) is 0 Å². The molecule has 0 aliphatic rings. The lowest BCUT2D eigenvalue weighted by atomic mass is 10.2. The SMILES string of the molecule is CC(C)CNc1c(C#N)c(C(F)F)nn1-c1ccc(S(C)(=O)=O)cn1. The Hall–Kier alpha value is -2.54. The number of halogens is 2. The van der Waals surface area contributed by atoms with Crippen molar-refractivity contribution >= 4 is 15.7 Å². The number of nitriles is 1. The van der Waals surface area contributed by atoms with E-state index in [1.807, 2.05) is 13.8 Å². The highest BCUT2D eigenvalue weighted by Gasteiger charge is 2.25. The zero-order valence-electron chi connectivity index (χ0n) is 13.9. The van der Waals surface area contributed by atoms with Gasteiger partial charge >= 0.3 is 0 Å². The van der Waals surface area contributed by atoms with E-state index in [1.54, 1.807) is 6.07 Å². The minimum Gasteiger partial charge on any atom is -0.369 e. The quantitative estimate of drug-likeness (QED) is 0.840. The van der Waals surface area contributed by atoms with E-state index in [2.05, 4.69) is 15.4 Å². The van der Waals surface area contributed by atoms with Gasteiger partial charge in [0.25, 0.3) is 6.43 Å². The van der Waals surface area contributed by atoms with E-state index in [0.717, 1.165) is 17.1 Å². The third kappa shape index (κ3) is 4.11. The van der Waals surface area contributed by atoms with Crippen molar-refractivity contribution in [3.63, 3.8) is 0 Å². The zero-order chi connectivity index (χ0) is 18.8. The number of sulfone groups is 1. The second-order valence-electron chi connectivity index (χ2n) is 5.83. The molecule has 10 heteroatoms. The summed E-state index contributed by atoms with van der Waals surface area (Å²) >= 11 is 0. The molecular weight excluding hydrogens is 352 g/mol. The van der Waals surface area contributed by atoms with Gasteiger partial charge in [0.05, 0.1) is 4.90 Å². The Bertz CT molecular complexity index is 899. The molecule has 0 radical (unpaired) electrons. The van der Waals surface area contributed by atoms with Crippen LogP contribution < -0.4 is 5.32 Å². The summed E-state index contributed by atoms with van der Waals surface area (Å²) < 4.78 is 50.5. The standard InChI is InChI=1S/C15H17F2N5O2S/c1-9(2)7-20-15-11(6-18)13(14(16)17)21-22(15)12-5-4-10(8-19-12)25(3,23)24/h4-5,8-9,14,20H,7H2,1-3H3. The van der Waals surface area contributed by atoms with Crippen LogP contribution in [0.3, 0.4) is 0 Å². The summed E-state index contributed by atoms with van der Waals surface area (Å²) in [7, 11) is -3.43. The van der Waals surface area contributed by atoms with Gasteiger partial charge in [0.2, 0.25) is 0 Å². The lowest BCUT2D eigenvalue weighted by Crippen LogP contribution is -2.13. The van der Waals surface area contributed by atoms with E-state index in [-0.39, 0.29) is 28.0 Å². The van der Waals surface area contributed by atoms with Crippen LogP contribution in [0.2, 0.25) is 0 Å². The Morgan fingerprint density at radius 1 is 1.36 bits per heavy atom. The Morgan fingerprint density at radius 3 is 2.48 bits per heavy atom. The molecule has 25 heavy (non-hydrogen) atoms. The molecule has 0 bridgehead atoms. The zero-order valence-corrected chi connectivity index (χ0v) is 14.7. The fourth-order valence-electron chi connectivity index (χ4n) is 2.04. The number of anilines is 1. The smallest absolute Gasteiger partial charge is 0.283 e. The normalized spacial score (nSPS) is 11.8. The number of pyridine rings is 1. The highest BCUT2D eigenvalue weighted by Crippen LogP contribution is 2.29. The van der Waals surface area contributed by atoms with E-state index in [0.29, 0.717) is 6.54 Å². The molecule has 0 fully saturated rings. The first kappa shape index (κ1) is 18.8. The molecule has 0 atom stereocenters. The number of nitrogens with zero attached hydrogens (tertiary/aromatic N) is 4. The monoisotopic (exact) mass is 369 g/mol. The number of rotatable bonds is 6. The van der Waals surface area contributed by atoms with Gasteiger partial charge < -0.3 is 5.32 Å². The average molecular weight is 369 g/mol. The van der Waals surface area contributed by atoms with Gasteiger partial charge in [-0.25, -0.2) is 22.2 Å². The first-order valence-corrected chi connectivity index (χ1v) is 9.25. The fraction of sp³-hybridized carbons (Fsp3) is 0.400. The lowest BCUT2D eigenvalue weighted by Gasteiger charge is -2.11. The summed E-state index contributed by atoms with van der Waals surface area (Å²) in [6, 6.07) is 4.40. The predicted molar refractivity (Wildman–Crippen MR) is 87.5 cm³/mol. The molecule has 1 N–H and O–H groups in total. The van der Waals surface area contributed by atoms with E-state index in [1.165, 1.54) is 12.1 Å². The lowest BCUT2D eigenvalue weighted by molar-refractivity contribution is 0.145. The van der Waals surface area contributed by atoms with Gasteiger partial charge in [-0.3, -0.25) is 0 Å². The molecule has 0 amide bonds. The van der Waals surface area contributed by atoms with Crippen molar-refractivity contribution in [3.05, 3.63) is 29.6 Å². The van der Waals surface area contributed by atoms with E-state index >= 15 is 0 Å². The summed E-state index contributed by atoms with van der Waals surface area (Å²) in [6.45, 7) is 4.28. The minimum atomic E-state index is -3.43. The Kier molecular flexibility index (Phi) is 5.37. The van der Waals surface area contributed by atoms with Gasteiger partial charge in [-0.2, -0.15) is 15.0 Å². The van der Waals surface area contributed by atoms with Crippen LogP contribution in [0.1, 0.15) is 31.5 Å². The molecule has 2 aromatic heterocycles. The van der Waals surface area contributed by atoms with Crippen LogP contribution in [0.25, 0.3) is 5.82 Å². The van der Waals surface area contributed by atoms with E-state index in [9.17, 15) is 22.5 Å². The van der Waals surface area contributed by atoms with Crippen LogP contribution in [-0.2, 0) is 9.84 Å². The molecule has 0 saturated heterocycles. The summed E-state index contributed by atoms with van der Waals surface area (Å²) in [5.74, 6) is 0.429. The topological polar surface area (TPSA) is 101 Å². The van der Waals surface area contributed by atoms with Gasteiger partial charge in [0, 0.05) is 19.0 Å². The first-order chi connectivity index (χ1) is 11.6. The highest BCUT2D eigenvalue weighted by molar-refractivity contribution is 7.90. The van der Waals surface area contributed by atoms with Crippen LogP contribution in [0.4, 0.5) is 14.6 Å². The molecule has 2 heterocycles. The fourth-order valence-corrected chi connectivity index (χ4v) is 2.60. The molecule has 2 rings (SSSR count). The minimum absolute atomic E-state index is 0.00492. The number of hydrogen-bond acceptors (Lipinski definition) is 6. The predicted octanol–water partition coefficient (Wildman–Crippen LogP) is 2.55. The van der Waals surface area contributed by atoms with Crippen molar-refractivity contribution in [1.82, 2.24) is 14.8 Å². The molecule has 0 unspecified atom stereocenters. The molecule has 134 valence electrons. The van der Waals surface area contributed by atoms with Gasteiger partial charge in [0.15, 0.2) is 15.7 Å². The van der Waals surface area contributed by atoms with Crippen molar-refractivity contribution in [2.75, 3.05) is 18.1 Å². The van der Waals surface area contributed by atoms with E-state index in [4.69, 9.17) is 0 Å². The Labute approximate surface area is 144 Å². The van der Waals surface area contributed by atoms with Crippen LogP contribution in [0.5, 0.6) is 0 Å². The highest BCUT2D eigenvalue weighted by atomic mass is 32.2.